The van der Waals surface area contributed by atoms with Crippen molar-refractivity contribution in [2.24, 2.45) is 0 Å². The number of para-hydroxylation sites is 1. The fraction of sp³-hybridized carbons (Fsp3) is 0.438. The summed E-state index contributed by atoms with van der Waals surface area (Å²) < 4.78 is 16.3. The lowest BCUT2D eigenvalue weighted by Gasteiger charge is -2.34. The van der Waals surface area contributed by atoms with Gasteiger partial charge in [0.05, 0.1) is 10.9 Å². The minimum atomic E-state index is -0.312. The van der Waals surface area contributed by atoms with E-state index in [9.17, 15) is 4.79 Å². The number of hydrogen-bond acceptors (Lipinski definition) is 5. The molecule has 0 aliphatic carbocycles. The third-order valence-electron chi connectivity index (χ3n) is 3.93. The fourth-order valence-electron chi connectivity index (χ4n) is 2.76. The van der Waals surface area contributed by atoms with Gasteiger partial charge in [-0.1, -0.05) is 12.1 Å². The van der Waals surface area contributed by atoms with E-state index in [1.54, 1.807) is 13.2 Å². The van der Waals surface area contributed by atoms with Crippen LogP contribution in [0, 0.1) is 0 Å². The predicted molar refractivity (Wildman–Crippen MR) is 79.6 cm³/mol. The fourth-order valence-corrected chi connectivity index (χ4v) is 2.76. The minimum absolute atomic E-state index is 0.0218. The highest BCUT2D eigenvalue weighted by atomic mass is 16.5. The Kier molecular flexibility index (Phi) is 3.94. The van der Waals surface area contributed by atoms with Crippen LogP contribution < -0.4 is 10.4 Å². The van der Waals surface area contributed by atoms with Crippen molar-refractivity contribution >= 4 is 11.0 Å². The maximum absolute atomic E-state index is 12.3. The van der Waals surface area contributed by atoms with Crippen LogP contribution >= 0.6 is 0 Å². The normalized spacial score (nSPS) is 18.5. The first-order valence-electron chi connectivity index (χ1n) is 7.14. The van der Waals surface area contributed by atoms with Crippen molar-refractivity contribution in [1.29, 1.82) is 0 Å². The van der Waals surface area contributed by atoms with Crippen LogP contribution in [0.2, 0.25) is 0 Å². The van der Waals surface area contributed by atoms with Crippen LogP contribution in [0.25, 0.3) is 11.0 Å². The van der Waals surface area contributed by atoms with E-state index < -0.39 is 0 Å². The number of nitrogens with zero attached hydrogens (tertiary/aromatic N) is 1. The molecule has 2 heterocycles. The number of benzene rings is 1. The van der Waals surface area contributed by atoms with Gasteiger partial charge in [-0.3, -0.25) is 4.90 Å². The van der Waals surface area contributed by atoms with Gasteiger partial charge in [-0.15, -0.1) is 0 Å². The molecule has 21 heavy (non-hydrogen) atoms. The van der Waals surface area contributed by atoms with Crippen molar-refractivity contribution in [3.63, 3.8) is 0 Å². The molecule has 5 heteroatoms. The smallest absolute Gasteiger partial charge is 0.344 e. The molecule has 1 aromatic carbocycles. The van der Waals surface area contributed by atoms with Gasteiger partial charge in [0.15, 0.2) is 0 Å². The predicted octanol–water partition coefficient (Wildman–Crippen LogP) is 2.54. The highest BCUT2D eigenvalue weighted by Crippen LogP contribution is 2.36. The third-order valence-corrected chi connectivity index (χ3v) is 3.93. The van der Waals surface area contributed by atoms with Crippen LogP contribution in [0.1, 0.15) is 24.9 Å². The Morgan fingerprint density at radius 2 is 2.19 bits per heavy atom. The lowest BCUT2D eigenvalue weighted by Crippen LogP contribution is -2.38. The maximum atomic E-state index is 12.3. The van der Waals surface area contributed by atoms with Gasteiger partial charge in [0.25, 0.3) is 0 Å². The quantitative estimate of drug-likeness (QED) is 0.639. The van der Waals surface area contributed by atoms with Gasteiger partial charge in [-0.05, 0) is 25.5 Å². The largest absolute Gasteiger partial charge is 0.477 e. The molecule has 1 aliphatic rings. The summed E-state index contributed by atoms with van der Waals surface area (Å²) in [6.07, 6.45) is 0.901. The summed E-state index contributed by atoms with van der Waals surface area (Å²) in [5.41, 5.74) is 0.867. The van der Waals surface area contributed by atoms with Crippen LogP contribution in [0.5, 0.6) is 5.75 Å². The van der Waals surface area contributed by atoms with E-state index in [0.717, 1.165) is 18.4 Å². The Hall–Kier alpha value is -1.85. The standard InChI is InChI=1S/C16H19NO4/c1-11-14-15(20-10-17(11)8-5-9-19-2)12-6-3-4-7-13(12)21-16(14)18/h3-4,6-7,11H,5,8-10H2,1-2H3. The number of rotatable bonds is 4. The Morgan fingerprint density at radius 3 is 3.00 bits per heavy atom. The summed E-state index contributed by atoms with van der Waals surface area (Å²) in [4.78, 5) is 14.4. The van der Waals surface area contributed by atoms with Crippen molar-refractivity contribution in [3.05, 3.63) is 40.2 Å². The monoisotopic (exact) mass is 289 g/mol. The zero-order valence-corrected chi connectivity index (χ0v) is 12.3. The molecule has 0 amide bonds. The summed E-state index contributed by atoms with van der Waals surface area (Å²) in [7, 11) is 1.69. The second kappa shape index (κ2) is 5.87. The molecule has 0 saturated carbocycles. The molecule has 0 radical (unpaired) electrons. The molecular weight excluding hydrogens is 270 g/mol. The van der Waals surface area contributed by atoms with Gasteiger partial charge < -0.3 is 13.9 Å². The molecular formula is C16H19NO4. The SMILES string of the molecule is COCCCN1COc2c(c(=O)oc3ccccc23)C1C. The average molecular weight is 289 g/mol. The van der Waals surface area contributed by atoms with Gasteiger partial charge in [0.1, 0.15) is 18.1 Å². The van der Waals surface area contributed by atoms with Gasteiger partial charge in [-0.2, -0.15) is 0 Å². The lowest BCUT2D eigenvalue weighted by molar-refractivity contribution is 0.0550. The van der Waals surface area contributed by atoms with Gasteiger partial charge in [0, 0.05) is 26.3 Å². The molecule has 1 aromatic heterocycles. The first kappa shape index (κ1) is 14.1. The average Bonchev–Trinajstić information content (AvgIpc) is 2.49. The van der Waals surface area contributed by atoms with E-state index in [-0.39, 0.29) is 11.7 Å². The summed E-state index contributed by atoms with van der Waals surface area (Å²) >= 11 is 0. The minimum Gasteiger partial charge on any atom is -0.477 e. The topological polar surface area (TPSA) is 51.9 Å². The highest BCUT2D eigenvalue weighted by molar-refractivity contribution is 5.84. The lowest BCUT2D eigenvalue weighted by atomic mass is 10.0. The van der Waals surface area contributed by atoms with Gasteiger partial charge in [-0.25, -0.2) is 4.79 Å². The van der Waals surface area contributed by atoms with Crippen molar-refractivity contribution in [3.8, 4) is 5.75 Å². The number of fused-ring (bicyclic) bond motifs is 3. The summed E-state index contributed by atoms with van der Waals surface area (Å²) in [5, 5.41) is 0.857. The second-order valence-corrected chi connectivity index (χ2v) is 5.24. The molecule has 0 N–H and O–H groups in total. The zero-order valence-electron chi connectivity index (χ0n) is 12.3. The van der Waals surface area contributed by atoms with Crippen LogP contribution in [0.3, 0.4) is 0 Å². The maximum Gasteiger partial charge on any atom is 0.344 e. The van der Waals surface area contributed by atoms with Crippen molar-refractivity contribution in [2.45, 2.75) is 19.4 Å². The van der Waals surface area contributed by atoms with E-state index in [2.05, 4.69) is 4.90 Å². The van der Waals surface area contributed by atoms with Crippen molar-refractivity contribution < 1.29 is 13.9 Å². The number of ether oxygens (including phenoxy) is 2. The molecule has 0 bridgehead atoms. The number of hydrogen-bond donors (Lipinski definition) is 0. The van der Waals surface area contributed by atoms with E-state index in [1.165, 1.54) is 0 Å². The third kappa shape index (κ3) is 2.54. The van der Waals surface area contributed by atoms with Crippen LogP contribution in [-0.2, 0) is 4.74 Å². The van der Waals surface area contributed by atoms with Gasteiger partial charge in [0.2, 0.25) is 0 Å². The van der Waals surface area contributed by atoms with Crippen LogP contribution in [0.4, 0.5) is 0 Å². The first-order chi connectivity index (χ1) is 10.2. The highest BCUT2D eigenvalue weighted by Gasteiger charge is 2.30. The van der Waals surface area contributed by atoms with E-state index >= 15 is 0 Å². The van der Waals surface area contributed by atoms with Crippen molar-refractivity contribution in [2.75, 3.05) is 27.0 Å². The molecule has 112 valence electrons. The molecule has 1 unspecified atom stereocenters. The molecule has 1 atom stereocenters. The van der Waals surface area contributed by atoms with E-state index in [4.69, 9.17) is 13.9 Å². The van der Waals surface area contributed by atoms with Crippen molar-refractivity contribution in [1.82, 2.24) is 4.90 Å². The molecule has 1 aliphatic heterocycles. The molecule has 0 fully saturated rings. The van der Waals surface area contributed by atoms with E-state index in [1.807, 2.05) is 25.1 Å². The van der Waals surface area contributed by atoms with Gasteiger partial charge >= 0.3 is 5.63 Å². The van der Waals surface area contributed by atoms with Crippen LogP contribution in [-0.4, -0.2) is 31.9 Å². The molecule has 3 rings (SSSR count). The Morgan fingerprint density at radius 1 is 1.38 bits per heavy atom. The molecule has 5 nitrogen and oxygen atoms in total. The molecule has 2 aromatic rings. The summed E-state index contributed by atoms with van der Waals surface area (Å²) in [5.74, 6) is 0.664. The van der Waals surface area contributed by atoms with E-state index in [0.29, 0.717) is 30.2 Å². The Bertz CT molecular complexity index is 694. The summed E-state index contributed by atoms with van der Waals surface area (Å²) in [6.45, 7) is 4.01. The molecule has 0 saturated heterocycles. The number of methoxy groups -OCH3 is 1. The van der Waals surface area contributed by atoms with Crippen LogP contribution in [0.15, 0.2) is 33.5 Å². The Balaban J connectivity index is 1.98. The second-order valence-electron chi connectivity index (χ2n) is 5.24. The summed E-state index contributed by atoms with van der Waals surface area (Å²) in [6, 6.07) is 7.45. The zero-order chi connectivity index (χ0) is 14.8. The first-order valence-corrected chi connectivity index (χ1v) is 7.14. The Labute approximate surface area is 123 Å². The molecule has 0 spiro atoms.